The molecule has 0 radical (unpaired) electrons. The molecule has 114 valence electrons. The molecular formula is C20H18N2O. The molecule has 0 N–H and O–H groups in total. The maximum absolute atomic E-state index is 5.89. The molecule has 0 aliphatic carbocycles. The number of hydrogen-bond donors (Lipinski definition) is 0. The van der Waals surface area contributed by atoms with Crippen LogP contribution < -0.4 is 4.74 Å². The van der Waals surface area contributed by atoms with Gasteiger partial charge in [0.2, 0.25) is 0 Å². The van der Waals surface area contributed by atoms with Crippen LogP contribution in [0.2, 0.25) is 0 Å². The van der Waals surface area contributed by atoms with Gasteiger partial charge in [-0.25, -0.2) is 4.98 Å². The van der Waals surface area contributed by atoms with E-state index >= 15 is 0 Å². The molecule has 0 aliphatic heterocycles. The molecule has 0 bridgehead atoms. The Labute approximate surface area is 135 Å². The number of aromatic nitrogens is 2. The summed E-state index contributed by atoms with van der Waals surface area (Å²) in [4.78, 5) is 4.41. The van der Waals surface area contributed by atoms with E-state index in [9.17, 15) is 0 Å². The van der Waals surface area contributed by atoms with Gasteiger partial charge in [-0.3, -0.25) is 0 Å². The van der Waals surface area contributed by atoms with Crippen molar-refractivity contribution in [2.45, 2.75) is 13.0 Å². The third kappa shape index (κ3) is 2.90. The number of rotatable bonds is 5. The number of ether oxygens (including phenoxy) is 1. The summed E-state index contributed by atoms with van der Waals surface area (Å²) in [7, 11) is 0. The SMILES string of the molecule is c1ccc2cc(OCCCn3cnc4ccccc43)ccc2c1. The van der Waals surface area contributed by atoms with Crippen molar-refractivity contribution in [2.24, 2.45) is 0 Å². The van der Waals surface area contributed by atoms with E-state index in [2.05, 4.69) is 52.0 Å². The molecule has 4 rings (SSSR count). The van der Waals surface area contributed by atoms with Gasteiger partial charge in [0, 0.05) is 6.54 Å². The van der Waals surface area contributed by atoms with Crippen molar-refractivity contribution in [1.82, 2.24) is 9.55 Å². The topological polar surface area (TPSA) is 27.1 Å². The predicted molar refractivity (Wildman–Crippen MR) is 93.8 cm³/mol. The van der Waals surface area contributed by atoms with Gasteiger partial charge >= 0.3 is 0 Å². The van der Waals surface area contributed by atoms with Crippen molar-refractivity contribution in [3.05, 3.63) is 73.1 Å². The summed E-state index contributed by atoms with van der Waals surface area (Å²) in [5.74, 6) is 0.930. The average Bonchev–Trinajstić information content (AvgIpc) is 3.02. The molecule has 0 saturated heterocycles. The van der Waals surface area contributed by atoms with Crippen molar-refractivity contribution in [3.63, 3.8) is 0 Å². The molecule has 0 amide bonds. The molecule has 4 aromatic rings. The van der Waals surface area contributed by atoms with Crippen LogP contribution in [0.15, 0.2) is 73.1 Å². The summed E-state index contributed by atoms with van der Waals surface area (Å²) < 4.78 is 8.07. The van der Waals surface area contributed by atoms with Crippen LogP contribution >= 0.6 is 0 Å². The highest BCUT2D eigenvalue weighted by molar-refractivity contribution is 5.83. The molecule has 0 atom stereocenters. The van der Waals surface area contributed by atoms with Gasteiger partial charge in [-0.2, -0.15) is 0 Å². The number of fused-ring (bicyclic) bond motifs is 2. The molecule has 3 heteroatoms. The molecule has 1 heterocycles. The number of para-hydroxylation sites is 2. The normalized spacial score (nSPS) is 11.1. The molecule has 3 nitrogen and oxygen atoms in total. The molecule has 0 fully saturated rings. The predicted octanol–water partition coefficient (Wildman–Crippen LogP) is 4.66. The van der Waals surface area contributed by atoms with Gasteiger partial charge in [0.15, 0.2) is 0 Å². The summed E-state index contributed by atoms with van der Waals surface area (Å²) >= 11 is 0. The van der Waals surface area contributed by atoms with Gasteiger partial charge in [0.25, 0.3) is 0 Å². The van der Waals surface area contributed by atoms with Crippen molar-refractivity contribution in [2.75, 3.05) is 6.61 Å². The Hall–Kier alpha value is -2.81. The maximum Gasteiger partial charge on any atom is 0.119 e. The second-order valence-corrected chi connectivity index (χ2v) is 5.64. The fraction of sp³-hybridized carbons (Fsp3) is 0.150. The van der Waals surface area contributed by atoms with Crippen LogP contribution in [0.1, 0.15) is 6.42 Å². The van der Waals surface area contributed by atoms with E-state index in [1.807, 2.05) is 30.6 Å². The average molecular weight is 302 g/mol. The highest BCUT2D eigenvalue weighted by Gasteiger charge is 2.01. The first-order valence-corrected chi connectivity index (χ1v) is 7.92. The molecule has 3 aromatic carbocycles. The zero-order valence-corrected chi connectivity index (χ0v) is 12.9. The monoisotopic (exact) mass is 302 g/mol. The zero-order chi connectivity index (χ0) is 15.5. The molecular weight excluding hydrogens is 284 g/mol. The Balaban J connectivity index is 1.37. The van der Waals surface area contributed by atoms with Crippen molar-refractivity contribution in [1.29, 1.82) is 0 Å². The second kappa shape index (κ2) is 6.13. The lowest BCUT2D eigenvalue weighted by molar-refractivity contribution is 0.303. The van der Waals surface area contributed by atoms with E-state index in [1.165, 1.54) is 16.3 Å². The summed E-state index contributed by atoms with van der Waals surface area (Å²) in [6, 6.07) is 22.8. The van der Waals surface area contributed by atoms with E-state index < -0.39 is 0 Å². The molecule has 0 unspecified atom stereocenters. The molecule has 1 aromatic heterocycles. The molecule has 23 heavy (non-hydrogen) atoms. The second-order valence-electron chi connectivity index (χ2n) is 5.64. The first-order valence-electron chi connectivity index (χ1n) is 7.92. The summed E-state index contributed by atoms with van der Waals surface area (Å²) in [5.41, 5.74) is 2.22. The Morgan fingerprint density at radius 1 is 0.870 bits per heavy atom. The maximum atomic E-state index is 5.89. The fourth-order valence-corrected chi connectivity index (χ4v) is 2.87. The number of nitrogens with zero attached hydrogens (tertiary/aromatic N) is 2. The first kappa shape index (κ1) is 13.8. The van der Waals surface area contributed by atoms with Gasteiger partial charge in [0.1, 0.15) is 5.75 Å². The number of aryl methyl sites for hydroxylation is 1. The highest BCUT2D eigenvalue weighted by Crippen LogP contribution is 2.20. The molecule has 0 spiro atoms. The Morgan fingerprint density at radius 3 is 2.65 bits per heavy atom. The van der Waals surface area contributed by atoms with Crippen molar-refractivity contribution < 1.29 is 4.74 Å². The van der Waals surface area contributed by atoms with Crippen LogP contribution in [-0.4, -0.2) is 16.2 Å². The van der Waals surface area contributed by atoms with E-state index in [0.29, 0.717) is 6.61 Å². The van der Waals surface area contributed by atoms with E-state index in [4.69, 9.17) is 4.74 Å². The Bertz CT molecular complexity index is 942. The number of benzene rings is 3. The van der Waals surface area contributed by atoms with Crippen LogP contribution in [0.25, 0.3) is 21.8 Å². The lowest BCUT2D eigenvalue weighted by Gasteiger charge is -2.08. The van der Waals surface area contributed by atoms with Gasteiger partial charge in [0.05, 0.1) is 24.0 Å². The number of imidazole rings is 1. The standard InChI is InChI=1S/C20H18N2O/c1-2-7-17-14-18(11-10-16(17)6-1)23-13-5-12-22-15-21-19-8-3-4-9-20(19)22/h1-4,6-11,14-15H,5,12-13H2. The smallest absolute Gasteiger partial charge is 0.119 e. The lowest BCUT2D eigenvalue weighted by Crippen LogP contribution is -2.03. The Morgan fingerprint density at radius 2 is 1.70 bits per heavy atom. The summed E-state index contributed by atoms with van der Waals surface area (Å²) in [5, 5.41) is 2.45. The fourth-order valence-electron chi connectivity index (χ4n) is 2.87. The quantitative estimate of drug-likeness (QED) is 0.501. The van der Waals surface area contributed by atoms with Gasteiger partial charge in [-0.1, -0.05) is 42.5 Å². The minimum absolute atomic E-state index is 0.699. The summed E-state index contributed by atoms with van der Waals surface area (Å²) in [6.07, 6.45) is 2.86. The lowest BCUT2D eigenvalue weighted by atomic mass is 10.1. The Kier molecular flexibility index (Phi) is 3.68. The zero-order valence-electron chi connectivity index (χ0n) is 12.9. The van der Waals surface area contributed by atoms with E-state index in [0.717, 1.165) is 24.2 Å². The van der Waals surface area contributed by atoms with Gasteiger partial charge < -0.3 is 9.30 Å². The van der Waals surface area contributed by atoms with Crippen LogP contribution in [0.5, 0.6) is 5.75 Å². The largest absolute Gasteiger partial charge is 0.494 e. The third-order valence-corrected chi connectivity index (χ3v) is 4.06. The highest BCUT2D eigenvalue weighted by atomic mass is 16.5. The van der Waals surface area contributed by atoms with Gasteiger partial charge in [-0.15, -0.1) is 0 Å². The van der Waals surface area contributed by atoms with Crippen LogP contribution in [0.3, 0.4) is 0 Å². The van der Waals surface area contributed by atoms with Crippen molar-refractivity contribution in [3.8, 4) is 5.75 Å². The summed E-state index contributed by atoms with van der Waals surface area (Å²) in [6.45, 7) is 1.61. The minimum atomic E-state index is 0.699. The van der Waals surface area contributed by atoms with E-state index in [1.54, 1.807) is 0 Å². The number of hydrogen-bond acceptors (Lipinski definition) is 2. The third-order valence-electron chi connectivity index (χ3n) is 4.06. The van der Waals surface area contributed by atoms with Crippen LogP contribution in [0, 0.1) is 0 Å². The first-order chi connectivity index (χ1) is 11.4. The molecule has 0 aliphatic rings. The van der Waals surface area contributed by atoms with Crippen LogP contribution in [-0.2, 0) is 6.54 Å². The molecule has 0 saturated carbocycles. The van der Waals surface area contributed by atoms with E-state index in [-0.39, 0.29) is 0 Å². The minimum Gasteiger partial charge on any atom is -0.494 e. The van der Waals surface area contributed by atoms with Crippen molar-refractivity contribution >= 4 is 21.8 Å². The van der Waals surface area contributed by atoms with Crippen LogP contribution in [0.4, 0.5) is 0 Å². The van der Waals surface area contributed by atoms with Gasteiger partial charge in [-0.05, 0) is 41.5 Å².